The number of carbonyl (C=O) groups is 1. The monoisotopic (exact) mass is 302 g/mol. The first kappa shape index (κ1) is 15.5. The Kier molecular flexibility index (Phi) is 4.48. The van der Waals surface area contributed by atoms with Crippen LogP contribution in [-0.2, 0) is 4.79 Å². The molecule has 1 atom stereocenters. The molecule has 1 unspecified atom stereocenters. The Morgan fingerprint density at radius 2 is 2.09 bits per heavy atom. The van der Waals surface area contributed by atoms with Crippen molar-refractivity contribution in [2.45, 2.75) is 69.4 Å². The van der Waals surface area contributed by atoms with Crippen LogP contribution in [0.25, 0.3) is 0 Å². The molecule has 1 aromatic rings. The van der Waals surface area contributed by atoms with Crippen LogP contribution in [0.15, 0.2) is 24.5 Å². The second-order valence-corrected chi connectivity index (χ2v) is 7.27. The number of amides is 1. The van der Waals surface area contributed by atoms with Gasteiger partial charge in [-0.3, -0.25) is 9.78 Å². The van der Waals surface area contributed by atoms with Gasteiger partial charge in [-0.15, -0.1) is 0 Å². The Hall–Kier alpha value is -1.42. The number of hydrogen-bond donors (Lipinski definition) is 2. The second-order valence-electron chi connectivity index (χ2n) is 7.27. The Morgan fingerprint density at radius 1 is 1.36 bits per heavy atom. The molecular weight excluding hydrogens is 276 g/mol. The van der Waals surface area contributed by atoms with E-state index in [1.165, 1.54) is 19.3 Å². The minimum absolute atomic E-state index is 0.0976. The molecule has 120 valence electrons. The van der Waals surface area contributed by atoms with Gasteiger partial charge in [0.2, 0.25) is 5.91 Å². The highest BCUT2D eigenvalue weighted by molar-refractivity contribution is 5.84. The van der Waals surface area contributed by atoms with Crippen molar-refractivity contribution in [3.63, 3.8) is 0 Å². The molecule has 22 heavy (non-hydrogen) atoms. The summed E-state index contributed by atoms with van der Waals surface area (Å²) in [5, 5.41) is 13.0. The molecule has 0 spiro atoms. The van der Waals surface area contributed by atoms with E-state index in [4.69, 9.17) is 0 Å². The van der Waals surface area contributed by atoms with Gasteiger partial charge in [0.05, 0.1) is 11.5 Å². The highest BCUT2D eigenvalue weighted by Crippen LogP contribution is 2.37. The number of hydrogen-bond acceptors (Lipinski definition) is 3. The summed E-state index contributed by atoms with van der Waals surface area (Å²) >= 11 is 0. The van der Waals surface area contributed by atoms with E-state index in [2.05, 4.69) is 10.3 Å². The zero-order valence-electron chi connectivity index (χ0n) is 13.3. The van der Waals surface area contributed by atoms with E-state index in [0.717, 1.165) is 18.4 Å². The van der Waals surface area contributed by atoms with Gasteiger partial charge < -0.3 is 10.4 Å². The normalized spacial score (nSPS) is 30.4. The predicted molar refractivity (Wildman–Crippen MR) is 85.3 cm³/mol. The molecule has 3 rings (SSSR count). The van der Waals surface area contributed by atoms with E-state index < -0.39 is 5.60 Å². The number of nitrogens with one attached hydrogen (secondary N) is 1. The predicted octanol–water partition coefficient (Wildman–Crippen LogP) is 2.78. The van der Waals surface area contributed by atoms with Gasteiger partial charge in [0.25, 0.3) is 0 Å². The first-order valence-corrected chi connectivity index (χ1v) is 8.48. The molecule has 2 aliphatic carbocycles. The summed E-state index contributed by atoms with van der Waals surface area (Å²) in [5.41, 5.74) is 0.421. The average molecular weight is 302 g/mol. The summed E-state index contributed by atoms with van der Waals surface area (Å²) in [5.74, 6) is 0.429. The molecule has 0 aliphatic heterocycles. The lowest BCUT2D eigenvalue weighted by molar-refractivity contribution is -0.128. The van der Waals surface area contributed by atoms with E-state index in [9.17, 15) is 9.90 Å². The summed E-state index contributed by atoms with van der Waals surface area (Å²) in [4.78, 5) is 17.0. The lowest BCUT2D eigenvalue weighted by Crippen LogP contribution is -2.54. The molecule has 0 bridgehead atoms. The van der Waals surface area contributed by atoms with Crippen molar-refractivity contribution < 1.29 is 9.90 Å². The van der Waals surface area contributed by atoms with Gasteiger partial charge in [-0.05, 0) is 50.2 Å². The van der Waals surface area contributed by atoms with Crippen molar-refractivity contribution >= 4 is 5.91 Å². The fourth-order valence-electron chi connectivity index (χ4n) is 4.06. The fraction of sp³-hybridized carbons (Fsp3) is 0.667. The number of nitrogens with zero attached hydrogens (tertiary/aromatic N) is 1. The number of carbonyl (C=O) groups excluding carboxylic acids is 1. The van der Waals surface area contributed by atoms with Crippen LogP contribution in [0, 0.1) is 5.92 Å². The van der Waals surface area contributed by atoms with Gasteiger partial charge in [-0.25, -0.2) is 0 Å². The van der Waals surface area contributed by atoms with Gasteiger partial charge in [0.15, 0.2) is 0 Å². The van der Waals surface area contributed by atoms with Crippen molar-refractivity contribution in [3.05, 3.63) is 30.1 Å². The maximum Gasteiger partial charge on any atom is 0.228 e. The number of rotatable bonds is 4. The van der Waals surface area contributed by atoms with Gasteiger partial charge >= 0.3 is 0 Å². The van der Waals surface area contributed by atoms with Crippen molar-refractivity contribution in [3.8, 4) is 0 Å². The van der Waals surface area contributed by atoms with Crippen LogP contribution in [0.5, 0.6) is 0 Å². The summed E-state index contributed by atoms with van der Waals surface area (Å²) < 4.78 is 0. The van der Waals surface area contributed by atoms with Crippen molar-refractivity contribution in [2.75, 3.05) is 0 Å². The summed E-state index contributed by atoms with van der Waals surface area (Å²) in [7, 11) is 0. The third kappa shape index (κ3) is 3.49. The van der Waals surface area contributed by atoms with E-state index in [1.54, 1.807) is 6.20 Å². The molecule has 0 radical (unpaired) electrons. The largest absolute Gasteiger partial charge is 0.390 e. The first-order valence-electron chi connectivity index (χ1n) is 8.48. The van der Waals surface area contributed by atoms with Gasteiger partial charge in [-0.2, -0.15) is 0 Å². The SMILES string of the molecule is CC1(O)CC(NC(=O)C(c2cccnc2)C2CCCCC2)C1. The fourth-order valence-corrected chi connectivity index (χ4v) is 4.06. The first-order chi connectivity index (χ1) is 10.6. The summed E-state index contributed by atoms with van der Waals surface area (Å²) in [6.45, 7) is 1.83. The topological polar surface area (TPSA) is 62.2 Å². The maximum atomic E-state index is 12.8. The third-order valence-electron chi connectivity index (χ3n) is 5.17. The quantitative estimate of drug-likeness (QED) is 0.899. The Labute approximate surface area is 132 Å². The van der Waals surface area contributed by atoms with Crippen LogP contribution in [0.2, 0.25) is 0 Å². The highest BCUT2D eigenvalue weighted by Gasteiger charge is 2.41. The van der Waals surface area contributed by atoms with Crippen molar-refractivity contribution in [1.29, 1.82) is 0 Å². The van der Waals surface area contributed by atoms with Crippen LogP contribution < -0.4 is 5.32 Å². The van der Waals surface area contributed by atoms with E-state index in [0.29, 0.717) is 18.8 Å². The average Bonchev–Trinajstić information content (AvgIpc) is 2.48. The maximum absolute atomic E-state index is 12.8. The van der Waals surface area contributed by atoms with E-state index >= 15 is 0 Å². The molecule has 4 nitrogen and oxygen atoms in total. The van der Waals surface area contributed by atoms with Crippen LogP contribution in [0.4, 0.5) is 0 Å². The summed E-state index contributed by atoms with van der Waals surface area (Å²) in [6.07, 6.45) is 10.8. The molecule has 0 saturated heterocycles. The summed E-state index contributed by atoms with van der Waals surface area (Å²) in [6, 6.07) is 4.04. The lowest BCUT2D eigenvalue weighted by Gasteiger charge is -2.42. The molecule has 0 aromatic carbocycles. The van der Waals surface area contributed by atoms with Crippen LogP contribution in [-0.4, -0.2) is 27.6 Å². The smallest absolute Gasteiger partial charge is 0.228 e. The minimum Gasteiger partial charge on any atom is -0.390 e. The minimum atomic E-state index is -0.605. The lowest BCUT2D eigenvalue weighted by atomic mass is 9.74. The van der Waals surface area contributed by atoms with E-state index in [-0.39, 0.29) is 17.9 Å². The molecule has 2 N–H and O–H groups in total. The van der Waals surface area contributed by atoms with Gasteiger partial charge in [0, 0.05) is 18.4 Å². The van der Waals surface area contributed by atoms with Gasteiger partial charge in [0.1, 0.15) is 0 Å². The molecule has 1 aromatic heterocycles. The molecule has 4 heteroatoms. The highest BCUT2D eigenvalue weighted by atomic mass is 16.3. The number of aromatic nitrogens is 1. The Morgan fingerprint density at radius 3 is 2.68 bits per heavy atom. The molecule has 2 saturated carbocycles. The molecular formula is C18H26N2O2. The molecule has 2 fully saturated rings. The molecule has 1 amide bonds. The van der Waals surface area contributed by atoms with Crippen molar-refractivity contribution in [2.24, 2.45) is 5.92 Å². The third-order valence-corrected chi connectivity index (χ3v) is 5.17. The Bertz CT molecular complexity index is 501. The zero-order valence-corrected chi connectivity index (χ0v) is 13.3. The molecule has 2 aliphatic rings. The Balaban J connectivity index is 1.71. The standard InChI is InChI=1S/C18H26N2O2/c1-18(22)10-15(11-18)20-17(21)16(13-6-3-2-4-7-13)14-8-5-9-19-12-14/h5,8-9,12-13,15-16,22H,2-4,6-7,10-11H2,1H3,(H,20,21). The van der Waals surface area contributed by atoms with Crippen LogP contribution in [0.1, 0.15) is 63.4 Å². The van der Waals surface area contributed by atoms with Gasteiger partial charge in [-0.1, -0.05) is 25.3 Å². The van der Waals surface area contributed by atoms with Crippen molar-refractivity contribution in [1.82, 2.24) is 10.3 Å². The number of aliphatic hydroxyl groups is 1. The van der Waals surface area contributed by atoms with Crippen LogP contribution >= 0.6 is 0 Å². The van der Waals surface area contributed by atoms with Crippen LogP contribution in [0.3, 0.4) is 0 Å². The van der Waals surface area contributed by atoms with E-state index in [1.807, 2.05) is 25.3 Å². The second kappa shape index (κ2) is 6.37. The number of pyridine rings is 1. The molecule has 1 heterocycles. The zero-order chi connectivity index (χ0) is 15.6.